The average molecular weight is 278 g/mol. The molecule has 0 spiro atoms. The number of nitrogens with one attached hydrogen (secondary N) is 1. The first kappa shape index (κ1) is 17.0. The molecule has 0 aromatic carbocycles. The standard InChI is InChI=1S/C17H30N2O/c1-7-19-16(8-13(2)10-17(3,4)5)14-9-15(20-6)12-18-11-14/h9,11-13,16,19H,7-8,10H2,1-6H3. The summed E-state index contributed by atoms with van der Waals surface area (Å²) in [4.78, 5) is 4.28. The molecule has 20 heavy (non-hydrogen) atoms. The quantitative estimate of drug-likeness (QED) is 0.811. The van der Waals surface area contributed by atoms with Crippen molar-refractivity contribution in [3.8, 4) is 5.75 Å². The van der Waals surface area contributed by atoms with Crippen LogP contribution in [0, 0.1) is 11.3 Å². The summed E-state index contributed by atoms with van der Waals surface area (Å²) >= 11 is 0. The van der Waals surface area contributed by atoms with E-state index < -0.39 is 0 Å². The molecule has 1 heterocycles. The lowest BCUT2D eigenvalue weighted by Crippen LogP contribution is -2.24. The van der Waals surface area contributed by atoms with Gasteiger partial charge in [0.2, 0.25) is 0 Å². The molecule has 0 bridgehead atoms. The molecular weight excluding hydrogens is 248 g/mol. The van der Waals surface area contributed by atoms with E-state index in [4.69, 9.17) is 4.74 Å². The van der Waals surface area contributed by atoms with Crippen LogP contribution in [0.5, 0.6) is 5.75 Å². The number of pyridine rings is 1. The van der Waals surface area contributed by atoms with E-state index in [1.54, 1.807) is 13.3 Å². The third-order valence-electron chi connectivity index (χ3n) is 3.42. The minimum atomic E-state index is 0.347. The smallest absolute Gasteiger partial charge is 0.137 e. The van der Waals surface area contributed by atoms with Crippen molar-refractivity contribution in [2.45, 2.75) is 53.5 Å². The first-order chi connectivity index (χ1) is 9.35. The van der Waals surface area contributed by atoms with Gasteiger partial charge in [-0.25, -0.2) is 0 Å². The van der Waals surface area contributed by atoms with Crippen LogP contribution in [-0.4, -0.2) is 18.6 Å². The number of aromatic nitrogens is 1. The van der Waals surface area contributed by atoms with Gasteiger partial charge in [0.15, 0.2) is 0 Å². The van der Waals surface area contributed by atoms with E-state index in [9.17, 15) is 0 Å². The fraction of sp³-hybridized carbons (Fsp3) is 0.706. The van der Waals surface area contributed by atoms with E-state index in [0.717, 1.165) is 18.7 Å². The molecule has 1 aromatic heterocycles. The molecule has 0 amide bonds. The Morgan fingerprint density at radius 2 is 2.00 bits per heavy atom. The van der Waals surface area contributed by atoms with Crippen molar-refractivity contribution in [2.24, 2.45) is 11.3 Å². The summed E-state index contributed by atoms with van der Waals surface area (Å²) in [6.07, 6.45) is 6.05. The molecule has 0 aliphatic carbocycles. The topological polar surface area (TPSA) is 34.2 Å². The predicted octanol–water partition coefficient (Wildman–Crippen LogP) is 4.20. The highest BCUT2D eigenvalue weighted by atomic mass is 16.5. The Hall–Kier alpha value is -1.09. The van der Waals surface area contributed by atoms with Crippen LogP contribution in [0.15, 0.2) is 18.5 Å². The highest BCUT2D eigenvalue weighted by Crippen LogP contribution is 2.31. The largest absolute Gasteiger partial charge is 0.495 e. The van der Waals surface area contributed by atoms with Crippen molar-refractivity contribution in [1.82, 2.24) is 10.3 Å². The van der Waals surface area contributed by atoms with E-state index in [1.807, 2.05) is 6.20 Å². The Morgan fingerprint density at radius 3 is 2.55 bits per heavy atom. The maximum Gasteiger partial charge on any atom is 0.137 e. The van der Waals surface area contributed by atoms with Crippen molar-refractivity contribution < 1.29 is 4.74 Å². The number of hydrogen-bond acceptors (Lipinski definition) is 3. The number of rotatable bonds is 7. The van der Waals surface area contributed by atoms with Crippen LogP contribution in [0.4, 0.5) is 0 Å². The van der Waals surface area contributed by atoms with Gasteiger partial charge in [-0.1, -0.05) is 34.6 Å². The van der Waals surface area contributed by atoms with Gasteiger partial charge in [-0.2, -0.15) is 0 Å². The van der Waals surface area contributed by atoms with E-state index in [2.05, 4.69) is 51.0 Å². The fourth-order valence-corrected chi connectivity index (χ4v) is 2.85. The lowest BCUT2D eigenvalue weighted by atomic mass is 9.82. The summed E-state index contributed by atoms with van der Waals surface area (Å²) in [5.74, 6) is 1.50. The highest BCUT2D eigenvalue weighted by molar-refractivity contribution is 5.26. The summed E-state index contributed by atoms with van der Waals surface area (Å²) in [5.41, 5.74) is 1.59. The summed E-state index contributed by atoms with van der Waals surface area (Å²) in [6, 6.07) is 2.43. The van der Waals surface area contributed by atoms with Gasteiger partial charge in [0.25, 0.3) is 0 Å². The Balaban J connectivity index is 2.77. The van der Waals surface area contributed by atoms with Crippen molar-refractivity contribution in [2.75, 3.05) is 13.7 Å². The minimum absolute atomic E-state index is 0.347. The first-order valence-corrected chi connectivity index (χ1v) is 7.58. The van der Waals surface area contributed by atoms with Gasteiger partial charge in [0.05, 0.1) is 13.3 Å². The summed E-state index contributed by atoms with van der Waals surface area (Å²) in [5, 5.41) is 3.57. The zero-order valence-corrected chi connectivity index (χ0v) is 13.9. The number of nitrogens with zero attached hydrogens (tertiary/aromatic N) is 1. The third kappa shape index (κ3) is 5.91. The fourth-order valence-electron chi connectivity index (χ4n) is 2.85. The molecule has 114 valence electrons. The normalized spacial score (nSPS) is 14.9. The lowest BCUT2D eigenvalue weighted by molar-refractivity contribution is 0.276. The molecule has 0 saturated carbocycles. The van der Waals surface area contributed by atoms with Gasteiger partial charge in [-0.3, -0.25) is 4.98 Å². The molecule has 0 fully saturated rings. The van der Waals surface area contributed by atoms with Crippen molar-refractivity contribution >= 4 is 0 Å². The monoisotopic (exact) mass is 278 g/mol. The second kappa shape index (κ2) is 7.63. The molecule has 0 aliphatic rings. The Morgan fingerprint density at radius 1 is 1.30 bits per heavy atom. The zero-order valence-electron chi connectivity index (χ0n) is 13.9. The maximum atomic E-state index is 5.28. The van der Waals surface area contributed by atoms with Crippen molar-refractivity contribution in [3.63, 3.8) is 0 Å². The SMILES string of the molecule is CCNC(CC(C)CC(C)(C)C)c1cncc(OC)c1. The molecule has 0 radical (unpaired) electrons. The van der Waals surface area contributed by atoms with Gasteiger partial charge in [-0.15, -0.1) is 0 Å². The average Bonchev–Trinajstić information content (AvgIpc) is 2.36. The summed E-state index contributed by atoms with van der Waals surface area (Å²) < 4.78 is 5.28. The van der Waals surface area contributed by atoms with Crippen molar-refractivity contribution in [3.05, 3.63) is 24.0 Å². The molecule has 3 heteroatoms. The Kier molecular flexibility index (Phi) is 6.47. The molecule has 0 saturated heterocycles. The molecule has 2 unspecified atom stereocenters. The number of methoxy groups -OCH3 is 1. The zero-order chi connectivity index (χ0) is 15.2. The van der Waals surface area contributed by atoms with Crippen LogP contribution in [0.25, 0.3) is 0 Å². The second-order valence-electron chi connectivity index (χ2n) is 6.87. The van der Waals surface area contributed by atoms with E-state index in [0.29, 0.717) is 17.4 Å². The van der Waals surface area contributed by atoms with Crippen molar-refractivity contribution in [1.29, 1.82) is 0 Å². The van der Waals surface area contributed by atoms with Crippen LogP contribution in [0.2, 0.25) is 0 Å². The van der Waals surface area contributed by atoms with Crippen LogP contribution < -0.4 is 10.1 Å². The van der Waals surface area contributed by atoms with Gasteiger partial charge in [0, 0.05) is 12.2 Å². The van der Waals surface area contributed by atoms with Gasteiger partial charge < -0.3 is 10.1 Å². The third-order valence-corrected chi connectivity index (χ3v) is 3.42. The molecule has 3 nitrogen and oxygen atoms in total. The molecular formula is C17H30N2O. The molecule has 1 N–H and O–H groups in total. The van der Waals surface area contributed by atoms with Crippen LogP contribution >= 0.6 is 0 Å². The van der Waals surface area contributed by atoms with Gasteiger partial charge >= 0.3 is 0 Å². The first-order valence-electron chi connectivity index (χ1n) is 7.58. The van der Waals surface area contributed by atoms with Crippen LogP contribution in [0.1, 0.15) is 59.1 Å². The Bertz CT molecular complexity index is 398. The van der Waals surface area contributed by atoms with Crippen LogP contribution in [0.3, 0.4) is 0 Å². The number of hydrogen-bond donors (Lipinski definition) is 1. The highest BCUT2D eigenvalue weighted by Gasteiger charge is 2.20. The molecule has 1 rings (SSSR count). The molecule has 0 aliphatic heterocycles. The predicted molar refractivity (Wildman–Crippen MR) is 85.1 cm³/mol. The second-order valence-corrected chi connectivity index (χ2v) is 6.87. The lowest BCUT2D eigenvalue weighted by Gasteiger charge is -2.27. The number of ether oxygens (including phenoxy) is 1. The maximum absolute atomic E-state index is 5.28. The van der Waals surface area contributed by atoms with E-state index in [1.165, 1.54) is 12.0 Å². The Labute approximate surface area is 124 Å². The molecule has 2 atom stereocenters. The van der Waals surface area contributed by atoms with Crippen LogP contribution in [-0.2, 0) is 0 Å². The minimum Gasteiger partial charge on any atom is -0.495 e. The van der Waals surface area contributed by atoms with E-state index >= 15 is 0 Å². The summed E-state index contributed by atoms with van der Waals surface area (Å²) in [7, 11) is 1.69. The summed E-state index contributed by atoms with van der Waals surface area (Å²) in [6.45, 7) is 12.4. The van der Waals surface area contributed by atoms with Gasteiger partial charge in [0.1, 0.15) is 5.75 Å². The molecule has 1 aromatic rings. The van der Waals surface area contributed by atoms with Gasteiger partial charge in [-0.05, 0) is 42.3 Å². The van der Waals surface area contributed by atoms with E-state index in [-0.39, 0.29) is 0 Å².